The van der Waals surface area contributed by atoms with E-state index in [1.165, 1.54) is 6.20 Å². The lowest BCUT2D eigenvalue weighted by atomic mass is 9.69. The molecule has 3 aliphatic rings. The van der Waals surface area contributed by atoms with Crippen LogP contribution in [0.25, 0.3) is 11.0 Å². The van der Waals surface area contributed by atoms with Gasteiger partial charge >= 0.3 is 0 Å². The van der Waals surface area contributed by atoms with Crippen LogP contribution in [0.5, 0.6) is 0 Å². The summed E-state index contributed by atoms with van der Waals surface area (Å²) >= 11 is 0. The van der Waals surface area contributed by atoms with Gasteiger partial charge in [0.15, 0.2) is 5.65 Å². The molecule has 0 radical (unpaired) electrons. The van der Waals surface area contributed by atoms with E-state index in [-0.39, 0.29) is 34.6 Å². The summed E-state index contributed by atoms with van der Waals surface area (Å²) in [6.45, 7) is 1.94. The molecule has 2 amide bonds. The van der Waals surface area contributed by atoms with Gasteiger partial charge in [0, 0.05) is 39.0 Å². The predicted molar refractivity (Wildman–Crippen MR) is 100 cm³/mol. The monoisotopic (exact) mass is 384 g/mol. The van der Waals surface area contributed by atoms with Crippen molar-refractivity contribution in [3.8, 4) is 0 Å². The van der Waals surface area contributed by atoms with Gasteiger partial charge in [0.25, 0.3) is 5.56 Å². The number of H-pyrrole nitrogens is 1. The normalized spacial score (nSPS) is 28.0. The van der Waals surface area contributed by atoms with E-state index >= 15 is 0 Å². The molecule has 2 saturated heterocycles. The van der Waals surface area contributed by atoms with Crippen molar-refractivity contribution in [1.29, 1.82) is 0 Å². The highest BCUT2D eigenvalue weighted by Gasteiger charge is 2.44. The number of rotatable bonds is 2. The van der Waals surface area contributed by atoms with Crippen LogP contribution < -0.4 is 10.9 Å². The van der Waals surface area contributed by atoms with E-state index in [1.54, 1.807) is 11.7 Å². The molecule has 2 aliphatic heterocycles. The molecule has 0 aromatic carbocycles. The molecule has 1 aliphatic carbocycles. The zero-order valence-electron chi connectivity index (χ0n) is 15.9. The number of fused-ring (bicyclic) bond motifs is 1. The zero-order valence-corrected chi connectivity index (χ0v) is 15.9. The number of likely N-dealkylation sites (tertiary alicyclic amines) is 1. The summed E-state index contributed by atoms with van der Waals surface area (Å²) in [4.78, 5) is 45.9. The number of carbonyl (C=O) groups is 2. The molecule has 1 spiro atoms. The number of carbonyl (C=O) groups excluding carboxylic acids is 2. The van der Waals surface area contributed by atoms with Gasteiger partial charge in [-0.1, -0.05) is 0 Å². The maximum absolute atomic E-state index is 12.9. The van der Waals surface area contributed by atoms with E-state index in [0.29, 0.717) is 36.4 Å². The van der Waals surface area contributed by atoms with Crippen LogP contribution in [0.4, 0.5) is 0 Å². The fourth-order valence-electron chi connectivity index (χ4n) is 4.91. The summed E-state index contributed by atoms with van der Waals surface area (Å²) in [6, 6.07) is 0. The van der Waals surface area contributed by atoms with Crippen LogP contribution in [0.2, 0.25) is 0 Å². The molecule has 0 atom stereocenters. The zero-order chi connectivity index (χ0) is 19.5. The predicted octanol–water partition coefficient (Wildman–Crippen LogP) is 0.279. The minimum atomic E-state index is -0.185. The molecule has 9 nitrogen and oxygen atoms in total. The average Bonchev–Trinajstić information content (AvgIpc) is 3.18. The van der Waals surface area contributed by atoms with Crippen LogP contribution in [0.15, 0.2) is 11.0 Å². The molecular formula is C19H24N6O3. The molecule has 3 fully saturated rings. The van der Waals surface area contributed by atoms with Gasteiger partial charge in [-0.25, -0.2) is 4.98 Å². The largest absolute Gasteiger partial charge is 0.356 e. The lowest BCUT2D eigenvalue weighted by Crippen LogP contribution is -2.52. The third-order valence-corrected chi connectivity index (χ3v) is 6.79. The van der Waals surface area contributed by atoms with Crippen molar-refractivity contribution in [2.24, 2.45) is 18.4 Å². The highest BCUT2D eigenvalue weighted by Crippen LogP contribution is 2.44. The van der Waals surface area contributed by atoms with Gasteiger partial charge in [0.05, 0.1) is 12.1 Å². The van der Waals surface area contributed by atoms with E-state index in [9.17, 15) is 14.4 Å². The fourth-order valence-corrected chi connectivity index (χ4v) is 4.91. The van der Waals surface area contributed by atoms with Crippen molar-refractivity contribution in [1.82, 2.24) is 30.0 Å². The molecule has 0 bridgehead atoms. The number of aromatic nitrogens is 4. The Bertz CT molecular complexity index is 1010. The lowest BCUT2D eigenvalue weighted by molar-refractivity contribution is -0.142. The van der Waals surface area contributed by atoms with Crippen LogP contribution >= 0.6 is 0 Å². The molecule has 4 heterocycles. The second-order valence-electron chi connectivity index (χ2n) is 8.62. The smallest absolute Gasteiger partial charge is 0.262 e. The van der Waals surface area contributed by atoms with E-state index in [2.05, 4.69) is 20.4 Å². The van der Waals surface area contributed by atoms with Gasteiger partial charge in [-0.2, -0.15) is 5.10 Å². The second-order valence-corrected chi connectivity index (χ2v) is 8.62. The number of nitrogens with zero attached hydrogens (tertiary/aromatic N) is 4. The maximum atomic E-state index is 12.9. The number of hydrogen-bond donors (Lipinski definition) is 2. The number of aromatic amines is 1. The van der Waals surface area contributed by atoms with Crippen molar-refractivity contribution in [2.45, 2.75) is 38.0 Å². The summed E-state index contributed by atoms with van der Waals surface area (Å²) in [5.74, 6) is 1.08. The Kier molecular flexibility index (Phi) is 3.82. The first-order valence-electron chi connectivity index (χ1n) is 9.92. The third-order valence-electron chi connectivity index (χ3n) is 6.79. The Morgan fingerprint density at radius 2 is 2.00 bits per heavy atom. The summed E-state index contributed by atoms with van der Waals surface area (Å²) in [7, 11) is 1.76. The topological polar surface area (TPSA) is 113 Å². The highest BCUT2D eigenvalue weighted by atomic mass is 16.2. The van der Waals surface area contributed by atoms with Gasteiger partial charge < -0.3 is 15.2 Å². The van der Waals surface area contributed by atoms with Crippen LogP contribution in [0.1, 0.15) is 43.8 Å². The van der Waals surface area contributed by atoms with E-state index < -0.39 is 0 Å². The molecule has 2 aromatic rings. The Morgan fingerprint density at radius 3 is 2.68 bits per heavy atom. The molecule has 148 valence electrons. The van der Waals surface area contributed by atoms with Crippen molar-refractivity contribution < 1.29 is 9.59 Å². The Labute approximate surface area is 161 Å². The van der Waals surface area contributed by atoms with Gasteiger partial charge in [-0.3, -0.25) is 19.1 Å². The molecule has 5 rings (SSSR count). The molecular weight excluding hydrogens is 360 g/mol. The summed E-state index contributed by atoms with van der Waals surface area (Å²) in [5, 5.41) is 7.50. The first-order chi connectivity index (χ1) is 13.4. The minimum absolute atomic E-state index is 0.0499. The number of amides is 2. The summed E-state index contributed by atoms with van der Waals surface area (Å²) in [5.41, 5.74) is 0.462. The number of hydrogen-bond acceptors (Lipinski definition) is 5. The standard InChI is InChI=1S/C19H24N6O3/c1-24-16-13(7-21-24)17(27)23-15(22-16)12-8-25(9-12)18(28)11-2-4-19(5-3-11)6-14(26)20-10-19/h7,11-12H,2-6,8-10H2,1H3,(H,20,26)(H,22,23,27). The van der Waals surface area contributed by atoms with Gasteiger partial charge in [-0.15, -0.1) is 0 Å². The van der Waals surface area contributed by atoms with Crippen molar-refractivity contribution in [2.75, 3.05) is 19.6 Å². The molecule has 0 unspecified atom stereocenters. The van der Waals surface area contributed by atoms with E-state index in [1.807, 2.05) is 4.90 Å². The van der Waals surface area contributed by atoms with Gasteiger partial charge in [-0.05, 0) is 31.1 Å². The molecule has 2 aromatic heterocycles. The quantitative estimate of drug-likeness (QED) is 0.772. The van der Waals surface area contributed by atoms with Crippen molar-refractivity contribution in [3.63, 3.8) is 0 Å². The highest BCUT2D eigenvalue weighted by molar-refractivity contribution is 5.81. The van der Waals surface area contributed by atoms with E-state index in [0.717, 1.165) is 32.2 Å². The molecule has 28 heavy (non-hydrogen) atoms. The van der Waals surface area contributed by atoms with Crippen LogP contribution in [-0.2, 0) is 16.6 Å². The van der Waals surface area contributed by atoms with Crippen LogP contribution in [-0.4, -0.2) is 56.1 Å². The van der Waals surface area contributed by atoms with Crippen molar-refractivity contribution >= 4 is 22.8 Å². The summed E-state index contributed by atoms with van der Waals surface area (Å²) < 4.78 is 1.59. The Morgan fingerprint density at radius 1 is 1.25 bits per heavy atom. The second kappa shape index (κ2) is 6.15. The number of aryl methyl sites for hydroxylation is 1. The average molecular weight is 384 g/mol. The SMILES string of the molecule is Cn1ncc2c(=O)[nH]c(C3CN(C(=O)C4CCC5(CC4)CNC(=O)C5)C3)nc21. The molecule has 9 heteroatoms. The fraction of sp³-hybridized carbons (Fsp3) is 0.632. The minimum Gasteiger partial charge on any atom is -0.356 e. The molecule has 2 N–H and O–H groups in total. The van der Waals surface area contributed by atoms with Crippen LogP contribution in [0, 0.1) is 11.3 Å². The maximum Gasteiger partial charge on any atom is 0.262 e. The summed E-state index contributed by atoms with van der Waals surface area (Å²) in [6.07, 6.45) is 5.70. The van der Waals surface area contributed by atoms with Crippen LogP contribution in [0.3, 0.4) is 0 Å². The molecule has 1 saturated carbocycles. The first kappa shape index (κ1) is 17.4. The Hall–Kier alpha value is -2.71. The third kappa shape index (κ3) is 2.71. The van der Waals surface area contributed by atoms with Gasteiger partial charge in [0.2, 0.25) is 11.8 Å². The van der Waals surface area contributed by atoms with Crippen molar-refractivity contribution in [3.05, 3.63) is 22.4 Å². The number of nitrogens with one attached hydrogen (secondary N) is 2. The van der Waals surface area contributed by atoms with Gasteiger partial charge in [0.1, 0.15) is 11.2 Å². The Balaban J connectivity index is 1.21. The lowest BCUT2D eigenvalue weighted by Gasteiger charge is -2.43. The first-order valence-corrected chi connectivity index (χ1v) is 9.92. The van der Waals surface area contributed by atoms with E-state index in [4.69, 9.17) is 0 Å².